The Morgan fingerprint density at radius 1 is 1.09 bits per heavy atom. The molecule has 2 amide bonds. The summed E-state index contributed by atoms with van der Waals surface area (Å²) in [4.78, 5) is 43.3. The fraction of sp³-hybridized carbons (Fsp3) is 0.435. The Morgan fingerprint density at radius 2 is 1.84 bits per heavy atom. The maximum atomic E-state index is 13.9. The second-order valence-electron chi connectivity index (χ2n) is 8.61. The van der Waals surface area contributed by atoms with E-state index in [1.165, 1.54) is 4.90 Å². The van der Waals surface area contributed by atoms with Crippen LogP contribution >= 0.6 is 11.6 Å². The second kappa shape index (κ2) is 7.43. The number of hydrogen-bond acceptors (Lipinski definition) is 6. The third-order valence-corrected chi connectivity index (χ3v) is 7.04. The third-order valence-electron chi connectivity index (χ3n) is 6.79. The highest BCUT2D eigenvalue weighted by atomic mass is 35.5. The van der Waals surface area contributed by atoms with E-state index in [1.807, 2.05) is 0 Å². The molecule has 1 aromatic rings. The lowest BCUT2D eigenvalue weighted by atomic mass is 9.75. The van der Waals surface area contributed by atoms with Crippen molar-refractivity contribution in [3.63, 3.8) is 0 Å². The highest BCUT2D eigenvalue weighted by molar-refractivity contribution is 6.30. The van der Waals surface area contributed by atoms with Gasteiger partial charge in [-0.15, -0.1) is 0 Å². The lowest BCUT2D eigenvalue weighted by molar-refractivity contribution is -0.156. The summed E-state index contributed by atoms with van der Waals surface area (Å²) in [5.74, 6) is -3.12. The van der Waals surface area contributed by atoms with Gasteiger partial charge < -0.3 is 24.4 Å². The van der Waals surface area contributed by atoms with Gasteiger partial charge in [0.15, 0.2) is 0 Å². The molecule has 5 atom stereocenters. The highest BCUT2D eigenvalue weighted by Gasteiger charge is 2.74. The van der Waals surface area contributed by atoms with Crippen LogP contribution in [0.4, 0.5) is 5.69 Å². The number of benzene rings is 1. The van der Waals surface area contributed by atoms with Gasteiger partial charge in [0.05, 0.1) is 18.1 Å². The van der Waals surface area contributed by atoms with Gasteiger partial charge in [-0.1, -0.05) is 29.8 Å². The zero-order chi connectivity index (χ0) is 22.7. The van der Waals surface area contributed by atoms with Crippen molar-refractivity contribution < 1.29 is 29.0 Å². The molecule has 0 saturated carbocycles. The van der Waals surface area contributed by atoms with E-state index in [1.54, 1.807) is 60.4 Å². The summed E-state index contributed by atoms with van der Waals surface area (Å²) in [6.45, 7) is 1.74. The number of β-amino-alcohol motifs (C(OH)–C–C–N with tert-alkyl or cyclic N) is 1. The smallest absolute Gasteiger partial charge is 0.313 e. The molecular formula is C23H23ClN2O6. The highest BCUT2D eigenvalue weighted by Crippen LogP contribution is 2.57. The number of fused-ring (bicyclic) bond motifs is 2. The molecule has 0 bridgehead atoms. The number of ether oxygens (including phenoxy) is 2. The van der Waals surface area contributed by atoms with Gasteiger partial charge in [-0.3, -0.25) is 14.4 Å². The molecule has 0 radical (unpaired) electrons. The molecule has 0 aromatic heterocycles. The van der Waals surface area contributed by atoms with E-state index in [-0.39, 0.29) is 32.2 Å². The second-order valence-corrected chi connectivity index (χ2v) is 9.05. The molecule has 0 aliphatic carbocycles. The average molecular weight is 459 g/mol. The van der Waals surface area contributed by atoms with Crippen LogP contribution in [0, 0.1) is 11.8 Å². The maximum absolute atomic E-state index is 13.9. The van der Waals surface area contributed by atoms with Crippen molar-refractivity contribution in [3.8, 4) is 0 Å². The monoisotopic (exact) mass is 458 g/mol. The maximum Gasteiger partial charge on any atom is 0.313 e. The standard InChI is InChI=1S/C23H23ClN2O6/c1-22-8-3-13-31-21(30)17(22)16-19(28)26(11-12-27)18-20(29)25(10-2-9-23(16,18)32-22)15-6-4-14(24)5-7-15/h2-9,16-18,27H,10-13H2,1H3/t16-,17+,18?,22-,23-/m0/s1. The fourth-order valence-electron chi connectivity index (χ4n) is 5.56. The summed E-state index contributed by atoms with van der Waals surface area (Å²) >= 11 is 6.01. The molecular weight excluding hydrogens is 436 g/mol. The van der Waals surface area contributed by atoms with E-state index in [9.17, 15) is 19.5 Å². The van der Waals surface area contributed by atoms with Crippen molar-refractivity contribution in [2.45, 2.75) is 24.2 Å². The van der Waals surface area contributed by atoms with E-state index in [2.05, 4.69) is 0 Å². The first-order valence-corrected chi connectivity index (χ1v) is 10.9. The van der Waals surface area contributed by atoms with E-state index in [4.69, 9.17) is 21.1 Å². The Bertz CT molecular complexity index is 1040. The molecule has 1 aromatic carbocycles. The minimum absolute atomic E-state index is 0.0481. The molecule has 2 saturated heterocycles. The van der Waals surface area contributed by atoms with Crippen molar-refractivity contribution >= 4 is 35.1 Å². The lowest BCUT2D eigenvalue weighted by Crippen LogP contribution is -2.56. The summed E-state index contributed by atoms with van der Waals surface area (Å²) < 4.78 is 11.8. The van der Waals surface area contributed by atoms with Gasteiger partial charge in [-0.05, 0) is 37.3 Å². The zero-order valence-corrected chi connectivity index (χ0v) is 18.2. The Morgan fingerprint density at radius 3 is 2.56 bits per heavy atom. The van der Waals surface area contributed by atoms with Gasteiger partial charge in [-0.25, -0.2) is 0 Å². The Hall–Kier alpha value is -2.68. The molecule has 9 heteroatoms. The van der Waals surface area contributed by atoms with Crippen molar-refractivity contribution in [2.24, 2.45) is 11.8 Å². The zero-order valence-electron chi connectivity index (χ0n) is 17.4. The van der Waals surface area contributed by atoms with Crippen molar-refractivity contribution in [2.75, 3.05) is 31.2 Å². The Balaban J connectivity index is 1.64. The van der Waals surface area contributed by atoms with E-state index in [0.717, 1.165) is 0 Å². The van der Waals surface area contributed by atoms with E-state index >= 15 is 0 Å². The third kappa shape index (κ3) is 2.86. The molecule has 1 N–H and O–H groups in total. The Labute approximate surface area is 190 Å². The minimum Gasteiger partial charge on any atom is -0.461 e. The van der Waals surface area contributed by atoms with Crippen LogP contribution < -0.4 is 4.90 Å². The van der Waals surface area contributed by atoms with Crippen molar-refractivity contribution in [3.05, 3.63) is 53.6 Å². The molecule has 4 heterocycles. The number of likely N-dealkylation sites (tertiary alicyclic amines) is 1. The molecule has 168 valence electrons. The van der Waals surface area contributed by atoms with Gasteiger partial charge in [0.25, 0.3) is 5.91 Å². The van der Waals surface area contributed by atoms with Crippen LogP contribution in [0.5, 0.6) is 0 Å². The number of aliphatic hydroxyl groups is 1. The number of carbonyl (C=O) groups excluding carboxylic acids is 3. The first-order valence-electron chi connectivity index (χ1n) is 10.5. The molecule has 4 aliphatic heterocycles. The SMILES string of the molecule is C[C@]12C=CCOC(=O)[C@H]1[C@H]1C(=O)N(CCO)C3C(=O)N(c4ccc(Cl)cc4)CC=C[C@@]31O2. The van der Waals surface area contributed by atoms with Crippen molar-refractivity contribution in [1.82, 2.24) is 4.90 Å². The lowest BCUT2D eigenvalue weighted by Gasteiger charge is -2.37. The molecule has 32 heavy (non-hydrogen) atoms. The largest absolute Gasteiger partial charge is 0.461 e. The fourth-order valence-corrected chi connectivity index (χ4v) is 5.68. The van der Waals surface area contributed by atoms with E-state index < -0.39 is 41.0 Å². The first kappa shape index (κ1) is 21.2. The van der Waals surface area contributed by atoms with Crippen LogP contribution in [0.3, 0.4) is 0 Å². The number of amides is 2. The molecule has 4 aliphatic rings. The summed E-state index contributed by atoms with van der Waals surface area (Å²) in [6.07, 6.45) is 6.98. The average Bonchev–Trinajstić information content (AvgIpc) is 3.00. The van der Waals surface area contributed by atoms with Crippen LogP contribution in [0.2, 0.25) is 5.02 Å². The number of esters is 1. The van der Waals surface area contributed by atoms with Gasteiger partial charge in [0.2, 0.25) is 5.91 Å². The molecule has 8 nitrogen and oxygen atoms in total. The van der Waals surface area contributed by atoms with Gasteiger partial charge in [-0.2, -0.15) is 0 Å². The summed E-state index contributed by atoms with van der Waals surface area (Å²) in [7, 11) is 0. The molecule has 1 unspecified atom stereocenters. The summed E-state index contributed by atoms with van der Waals surface area (Å²) in [5.41, 5.74) is -1.83. The van der Waals surface area contributed by atoms with Gasteiger partial charge >= 0.3 is 5.97 Å². The first-order chi connectivity index (χ1) is 15.3. The minimum atomic E-state index is -1.36. The number of halogens is 1. The van der Waals surface area contributed by atoms with Crippen LogP contribution in [-0.2, 0) is 23.9 Å². The molecule has 5 rings (SSSR count). The number of aliphatic hydroxyl groups excluding tert-OH is 1. The van der Waals surface area contributed by atoms with Crippen LogP contribution in [0.1, 0.15) is 6.92 Å². The number of cyclic esters (lactones) is 1. The predicted octanol–water partition coefficient (Wildman–Crippen LogP) is 1.32. The topological polar surface area (TPSA) is 96.4 Å². The van der Waals surface area contributed by atoms with Crippen LogP contribution in [-0.4, -0.2) is 71.3 Å². The summed E-state index contributed by atoms with van der Waals surface area (Å²) in [6, 6.07) is 5.81. The quantitative estimate of drug-likeness (QED) is 0.542. The van der Waals surface area contributed by atoms with Gasteiger partial charge in [0, 0.05) is 23.8 Å². The normalized spacial score (nSPS) is 35.8. The Kier molecular flexibility index (Phi) is 4.92. The van der Waals surface area contributed by atoms with Crippen molar-refractivity contribution in [1.29, 1.82) is 0 Å². The van der Waals surface area contributed by atoms with Crippen LogP contribution in [0.15, 0.2) is 48.6 Å². The molecule has 1 spiro atoms. The number of carbonyl (C=O) groups is 3. The number of rotatable bonds is 3. The van der Waals surface area contributed by atoms with Crippen LogP contribution in [0.25, 0.3) is 0 Å². The number of nitrogens with zero attached hydrogens (tertiary/aromatic N) is 2. The molecule has 2 fully saturated rings. The number of hydrogen-bond donors (Lipinski definition) is 1. The number of anilines is 1. The van der Waals surface area contributed by atoms with E-state index in [0.29, 0.717) is 10.7 Å². The predicted molar refractivity (Wildman–Crippen MR) is 115 cm³/mol. The van der Waals surface area contributed by atoms with Gasteiger partial charge in [0.1, 0.15) is 24.2 Å². The summed E-state index contributed by atoms with van der Waals surface area (Å²) in [5, 5.41) is 10.2.